The molecule has 3 rings (SSSR count). The van der Waals surface area contributed by atoms with Gasteiger partial charge in [-0.2, -0.15) is 5.26 Å². The van der Waals surface area contributed by atoms with Crippen LogP contribution in [0.2, 0.25) is 0 Å². The minimum atomic E-state index is -4.77. The van der Waals surface area contributed by atoms with Crippen molar-refractivity contribution in [2.24, 2.45) is 4.99 Å². The average Bonchev–Trinajstić information content (AvgIpc) is 2.67. The third-order valence-corrected chi connectivity index (χ3v) is 4.10. The number of aliphatic hydroxyl groups is 1. The minimum Gasteiger partial charge on any atom is -0.406 e. The van der Waals surface area contributed by atoms with Gasteiger partial charge in [-0.25, -0.2) is 15.0 Å². The van der Waals surface area contributed by atoms with Crippen molar-refractivity contribution in [3.8, 4) is 11.8 Å². The monoisotopic (exact) mass is 417 g/mol. The fourth-order valence-electron chi connectivity index (χ4n) is 2.99. The van der Waals surface area contributed by atoms with E-state index in [1.807, 2.05) is 6.07 Å². The molecule has 2 aromatic rings. The van der Waals surface area contributed by atoms with Crippen LogP contribution >= 0.6 is 0 Å². The van der Waals surface area contributed by atoms with Crippen molar-refractivity contribution in [1.82, 2.24) is 14.9 Å². The average molecular weight is 417 g/mol. The lowest BCUT2D eigenvalue weighted by atomic mass is 9.99. The van der Waals surface area contributed by atoms with Gasteiger partial charge < -0.3 is 14.7 Å². The van der Waals surface area contributed by atoms with E-state index in [1.54, 1.807) is 31.0 Å². The van der Waals surface area contributed by atoms with Gasteiger partial charge in [-0.15, -0.1) is 13.2 Å². The molecule has 0 fully saturated rings. The third kappa shape index (κ3) is 5.33. The summed E-state index contributed by atoms with van der Waals surface area (Å²) in [5.41, 5.74) is 0.105. The number of aliphatic imine (C=N–C) groups is 1. The molecule has 0 radical (unpaired) electrons. The van der Waals surface area contributed by atoms with Crippen LogP contribution in [-0.4, -0.2) is 44.3 Å². The van der Waals surface area contributed by atoms with Crippen LogP contribution in [0.1, 0.15) is 36.8 Å². The number of benzene rings is 1. The first-order valence-electron chi connectivity index (χ1n) is 8.87. The van der Waals surface area contributed by atoms with Gasteiger partial charge in [0.25, 0.3) is 0 Å². The minimum absolute atomic E-state index is 0.0107. The Morgan fingerprint density at radius 2 is 1.80 bits per heavy atom. The maximum Gasteiger partial charge on any atom is 0.573 e. The van der Waals surface area contributed by atoms with E-state index in [4.69, 9.17) is 5.26 Å². The van der Waals surface area contributed by atoms with Crippen molar-refractivity contribution >= 4 is 5.84 Å². The van der Waals surface area contributed by atoms with Crippen LogP contribution in [0.25, 0.3) is 0 Å². The zero-order valence-electron chi connectivity index (χ0n) is 16.1. The highest BCUT2D eigenvalue weighted by atomic mass is 19.4. The molecular weight excluding hydrogens is 399 g/mol. The zero-order valence-corrected chi connectivity index (χ0v) is 16.1. The second kappa shape index (κ2) is 8.12. The largest absolute Gasteiger partial charge is 0.573 e. The number of amidine groups is 1. The highest BCUT2D eigenvalue weighted by molar-refractivity contribution is 5.99. The van der Waals surface area contributed by atoms with Gasteiger partial charge >= 0.3 is 6.36 Å². The molecule has 1 atom stereocenters. The highest BCUT2D eigenvalue weighted by Crippen LogP contribution is 2.31. The molecule has 7 nitrogen and oxygen atoms in total. The normalized spacial score (nSPS) is 16.8. The second-order valence-electron chi connectivity index (χ2n) is 7.20. The smallest absolute Gasteiger partial charge is 0.406 e. The van der Waals surface area contributed by atoms with Gasteiger partial charge in [0.2, 0.25) is 5.82 Å². The summed E-state index contributed by atoms with van der Waals surface area (Å²) in [6, 6.07) is 6.93. The number of nitrogens with zero attached hydrogens (tertiary/aromatic N) is 5. The molecule has 1 aromatic heterocycles. The molecule has 1 aromatic carbocycles. The Morgan fingerprint density at radius 1 is 1.17 bits per heavy atom. The van der Waals surface area contributed by atoms with Crippen molar-refractivity contribution < 1.29 is 23.0 Å². The summed E-state index contributed by atoms with van der Waals surface area (Å²) < 4.78 is 41.2. The topological polar surface area (TPSA) is 94.6 Å². The molecule has 2 heterocycles. The van der Waals surface area contributed by atoms with Crippen LogP contribution in [0.15, 0.2) is 53.9 Å². The number of rotatable bonds is 5. The molecule has 1 aliphatic rings. The van der Waals surface area contributed by atoms with E-state index in [-0.39, 0.29) is 18.1 Å². The lowest BCUT2D eigenvalue weighted by molar-refractivity contribution is -0.274. The van der Waals surface area contributed by atoms with Crippen LogP contribution in [0, 0.1) is 11.3 Å². The number of halogens is 3. The number of hydrogen-bond donors (Lipinski definition) is 1. The molecule has 10 heteroatoms. The van der Waals surface area contributed by atoms with E-state index in [1.165, 1.54) is 36.7 Å². The number of ether oxygens (including phenoxy) is 1. The predicted molar refractivity (Wildman–Crippen MR) is 101 cm³/mol. The van der Waals surface area contributed by atoms with E-state index in [0.717, 1.165) is 0 Å². The van der Waals surface area contributed by atoms with Crippen LogP contribution in [0.5, 0.6) is 5.75 Å². The van der Waals surface area contributed by atoms with Gasteiger partial charge in [-0.1, -0.05) is 12.1 Å². The molecule has 0 saturated heterocycles. The van der Waals surface area contributed by atoms with Crippen molar-refractivity contribution in [3.63, 3.8) is 0 Å². The predicted octanol–water partition coefficient (Wildman–Crippen LogP) is 3.33. The molecule has 156 valence electrons. The Balaban J connectivity index is 1.94. The maximum atomic E-state index is 12.4. The summed E-state index contributed by atoms with van der Waals surface area (Å²) >= 11 is 0. The molecule has 0 spiro atoms. The maximum absolute atomic E-state index is 12.4. The summed E-state index contributed by atoms with van der Waals surface area (Å²) in [5.74, 6) is 0.149. The lowest BCUT2D eigenvalue weighted by Gasteiger charge is -2.38. The Hall–Kier alpha value is -3.45. The van der Waals surface area contributed by atoms with Gasteiger partial charge in [-0.3, -0.25) is 0 Å². The van der Waals surface area contributed by atoms with Crippen molar-refractivity contribution in [3.05, 3.63) is 65.9 Å². The Kier molecular flexibility index (Phi) is 5.75. The van der Waals surface area contributed by atoms with Gasteiger partial charge in [0.05, 0.1) is 17.2 Å². The Labute approximate surface area is 170 Å². The number of hydrogen-bond acceptors (Lipinski definition) is 7. The molecule has 0 saturated carbocycles. The van der Waals surface area contributed by atoms with Gasteiger partial charge in [0.15, 0.2) is 0 Å². The second-order valence-corrected chi connectivity index (χ2v) is 7.20. The number of β-amino-alcohol motifs (C(OH)–C–C–N with tert-alkyl or cyclic N) is 1. The van der Waals surface area contributed by atoms with Crippen molar-refractivity contribution in [2.75, 3.05) is 6.54 Å². The summed E-state index contributed by atoms with van der Waals surface area (Å²) in [5, 5.41) is 19.3. The third-order valence-electron chi connectivity index (χ3n) is 4.10. The van der Waals surface area contributed by atoms with E-state index in [9.17, 15) is 18.3 Å². The molecule has 1 N–H and O–H groups in total. The molecule has 0 amide bonds. The van der Waals surface area contributed by atoms with E-state index in [2.05, 4.69) is 19.7 Å². The van der Waals surface area contributed by atoms with Crippen LogP contribution in [-0.2, 0) is 0 Å². The molecule has 1 aliphatic heterocycles. The summed E-state index contributed by atoms with van der Waals surface area (Å²) in [7, 11) is 0. The quantitative estimate of drug-likeness (QED) is 0.802. The number of alkyl halides is 3. The SMILES string of the molecule is CC(C)(O)CN1C(c2cnc(C#N)nc2)=NC=CC1c1ccc(OC(F)(F)F)cc1. The first-order valence-corrected chi connectivity index (χ1v) is 8.87. The molecule has 30 heavy (non-hydrogen) atoms. The Morgan fingerprint density at radius 3 is 2.33 bits per heavy atom. The summed E-state index contributed by atoms with van der Waals surface area (Å²) in [4.78, 5) is 14.1. The molecular formula is C20H18F3N5O2. The standard InChI is InChI=1S/C20H18F3N5O2/c1-19(2,29)12-28-16(13-3-5-15(6-4-13)30-20(21,22)23)7-8-25-18(28)14-10-26-17(9-24)27-11-14/h3-8,10-11,16,29H,12H2,1-2H3. The fraction of sp³-hybridized carbons (Fsp3) is 0.300. The van der Waals surface area contributed by atoms with Crippen LogP contribution in [0.3, 0.4) is 0 Å². The highest BCUT2D eigenvalue weighted by Gasteiger charge is 2.32. The van der Waals surface area contributed by atoms with E-state index >= 15 is 0 Å². The number of aromatic nitrogens is 2. The lowest BCUT2D eigenvalue weighted by Crippen LogP contribution is -2.45. The molecule has 0 aliphatic carbocycles. The number of nitriles is 1. The Bertz CT molecular complexity index is 988. The zero-order chi connectivity index (χ0) is 21.9. The van der Waals surface area contributed by atoms with Crippen molar-refractivity contribution in [2.45, 2.75) is 31.9 Å². The fourth-order valence-corrected chi connectivity index (χ4v) is 2.99. The van der Waals surface area contributed by atoms with Crippen molar-refractivity contribution in [1.29, 1.82) is 5.26 Å². The van der Waals surface area contributed by atoms with E-state index < -0.39 is 18.0 Å². The van der Waals surface area contributed by atoms with Gasteiger partial charge in [0.1, 0.15) is 17.7 Å². The van der Waals surface area contributed by atoms with Gasteiger partial charge in [0, 0.05) is 25.1 Å². The molecule has 1 unspecified atom stereocenters. The summed E-state index contributed by atoms with van der Waals surface area (Å²) in [6.07, 6.45) is 1.48. The first-order chi connectivity index (χ1) is 14.1. The van der Waals surface area contributed by atoms with Crippen LogP contribution < -0.4 is 4.74 Å². The van der Waals surface area contributed by atoms with Crippen LogP contribution in [0.4, 0.5) is 13.2 Å². The summed E-state index contributed by atoms with van der Waals surface area (Å²) in [6.45, 7) is 3.44. The molecule has 0 bridgehead atoms. The van der Waals surface area contributed by atoms with E-state index in [0.29, 0.717) is 17.0 Å². The first kappa shape index (κ1) is 21.3. The van der Waals surface area contributed by atoms with Gasteiger partial charge in [-0.05, 0) is 37.6 Å².